The molecular weight excluding hydrogens is 306 g/mol. The summed E-state index contributed by atoms with van der Waals surface area (Å²) in [7, 11) is 0. The van der Waals surface area contributed by atoms with Gasteiger partial charge in [-0.25, -0.2) is 0 Å². The standard InChI is InChI=1S/C11H14BrNO5/c1-2-17-6-9(14)7-18-11-5-8(13(15)16)3-4-10(11)12/h3-5,9,14H,2,6-7H2,1H3/t9-/m0/s1. The number of hydrogen-bond donors (Lipinski definition) is 1. The third kappa shape index (κ3) is 4.59. The molecule has 6 nitrogen and oxygen atoms in total. The van der Waals surface area contributed by atoms with Crippen LogP contribution in [0.2, 0.25) is 0 Å². The third-order valence-electron chi connectivity index (χ3n) is 2.07. The summed E-state index contributed by atoms with van der Waals surface area (Å²) in [6, 6.07) is 4.20. The Labute approximate surface area is 113 Å². The van der Waals surface area contributed by atoms with Crippen LogP contribution in [0.1, 0.15) is 6.92 Å². The Morgan fingerprint density at radius 2 is 2.22 bits per heavy atom. The second-order valence-corrected chi connectivity index (χ2v) is 4.35. The molecule has 1 rings (SSSR count). The maximum absolute atomic E-state index is 10.6. The maximum Gasteiger partial charge on any atom is 0.273 e. The Hall–Kier alpha value is -1.18. The Balaban J connectivity index is 2.60. The van der Waals surface area contributed by atoms with Crippen molar-refractivity contribution in [2.75, 3.05) is 19.8 Å². The normalized spacial score (nSPS) is 12.2. The van der Waals surface area contributed by atoms with Crippen LogP contribution in [-0.4, -0.2) is 36.0 Å². The monoisotopic (exact) mass is 319 g/mol. The zero-order chi connectivity index (χ0) is 13.5. The zero-order valence-corrected chi connectivity index (χ0v) is 11.4. The van der Waals surface area contributed by atoms with Gasteiger partial charge in [-0.3, -0.25) is 10.1 Å². The molecule has 100 valence electrons. The summed E-state index contributed by atoms with van der Waals surface area (Å²) in [6.45, 7) is 2.52. The van der Waals surface area contributed by atoms with Gasteiger partial charge in [-0.15, -0.1) is 0 Å². The van der Waals surface area contributed by atoms with Crippen LogP contribution in [0.15, 0.2) is 22.7 Å². The molecule has 0 fully saturated rings. The minimum absolute atomic E-state index is 0.0137. The fraction of sp³-hybridized carbons (Fsp3) is 0.455. The van der Waals surface area contributed by atoms with Gasteiger partial charge < -0.3 is 14.6 Å². The number of nitro groups is 1. The van der Waals surface area contributed by atoms with Crippen molar-refractivity contribution in [1.82, 2.24) is 0 Å². The van der Waals surface area contributed by atoms with Gasteiger partial charge in [0.05, 0.1) is 22.1 Å². The molecule has 1 aromatic carbocycles. The summed E-state index contributed by atoms with van der Waals surface area (Å²) < 4.78 is 10.9. The quantitative estimate of drug-likeness (QED) is 0.615. The van der Waals surface area contributed by atoms with Gasteiger partial charge in [0.2, 0.25) is 0 Å². The summed E-state index contributed by atoms with van der Waals surface area (Å²) in [5, 5.41) is 20.1. The lowest BCUT2D eigenvalue weighted by atomic mass is 10.3. The molecule has 0 aliphatic heterocycles. The first-order valence-corrected chi connectivity index (χ1v) is 6.16. The number of aliphatic hydroxyl groups excluding tert-OH is 1. The van der Waals surface area contributed by atoms with Gasteiger partial charge in [-0.1, -0.05) is 0 Å². The van der Waals surface area contributed by atoms with Crippen LogP contribution in [0.5, 0.6) is 5.75 Å². The first-order valence-electron chi connectivity index (χ1n) is 5.37. The van der Waals surface area contributed by atoms with Crippen LogP contribution in [0, 0.1) is 10.1 Å². The Bertz CT molecular complexity index is 412. The molecule has 1 aromatic rings. The minimum atomic E-state index is -0.767. The summed E-state index contributed by atoms with van der Waals surface area (Å²) in [4.78, 5) is 10.1. The summed E-state index contributed by atoms with van der Waals surface area (Å²) in [5.74, 6) is 0.319. The van der Waals surface area contributed by atoms with Crippen molar-refractivity contribution < 1.29 is 19.5 Å². The third-order valence-corrected chi connectivity index (χ3v) is 2.73. The number of nitro benzene ring substituents is 1. The summed E-state index contributed by atoms with van der Waals surface area (Å²) >= 11 is 3.22. The lowest BCUT2D eigenvalue weighted by molar-refractivity contribution is -0.385. The number of benzene rings is 1. The highest BCUT2D eigenvalue weighted by molar-refractivity contribution is 9.10. The number of halogens is 1. The van der Waals surface area contributed by atoms with Crippen molar-refractivity contribution in [3.05, 3.63) is 32.8 Å². The molecule has 1 atom stereocenters. The van der Waals surface area contributed by atoms with Crippen molar-refractivity contribution in [2.45, 2.75) is 13.0 Å². The second-order valence-electron chi connectivity index (χ2n) is 3.50. The second kappa shape index (κ2) is 7.30. The largest absolute Gasteiger partial charge is 0.489 e. The molecule has 0 aliphatic rings. The molecule has 1 N–H and O–H groups in total. The summed E-state index contributed by atoms with van der Waals surface area (Å²) in [6.07, 6.45) is -0.767. The Morgan fingerprint density at radius 3 is 2.83 bits per heavy atom. The van der Waals surface area contributed by atoms with Gasteiger partial charge in [-0.05, 0) is 28.9 Å². The van der Waals surface area contributed by atoms with E-state index < -0.39 is 11.0 Å². The van der Waals surface area contributed by atoms with Gasteiger partial charge in [0.15, 0.2) is 0 Å². The van der Waals surface area contributed by atoms with Crippen molar-refractivity contribution >= 4 is 21.6 Å². The first-order chi connectivity index (χ1) is 8.54. The van der Waals surface area contributed by atoms with E-state index in [1.165, 1.54) is 18.2 Å². The number of ether oxygens (including phenoxy) is 2. The molecule has 0 aromatic heterocycles. The van der Waals surface area contributed by atoms with E-state index >= 15 is 0 Å². The van der Waals surface area contributed by atoms with Crippen molar-refractivity contribution in [3.8, 4) is 5.75 Å². The molecule has 0 bridgehead atoms. The van der Waals surface area contributed by atoms with Crippen molar-refractivity contribution in [2.24, 2.45) is 0 Å². The highest BCUT2D eigenvalue weighted by Crippen LogP contribution is 2.29. The molecule has 0 unspecified atom stereocenters. The molecule has 0 saturated carbocycles. The molecular formula is C11H14BrNO5. The minimum Gasteiger partial charge on any atom is -0.489 e. The maximum atomic E-state index is 10.6. The van der Waals surface area contributed by atoms with Crippen molar-refractivity contribution in [1.29, 1.82) is 0 Å². The van der Waals surface area contributed by atoms with Crippen LogP contribution in [-0.2, 0) is 4.74 Å². The Morgan fingerprint density at radius 1 is 1.50 bits per heavy atom. The summed E-state index contributed by atoms with van der Waals surface area (Å²) in [5.41, 5.74) is -0.0625. The molecule has 18 heavy (non-hydrogen) atoms. The SMILES string of the molecule is CCOC[C@H](O)COc1cc([N+](=O)[O-])ccc1Br. The molecule has 0 spiro atoms. The molecule has 0 saturated heterocycles. The smallest absolute Gasteiger partial charge is 0.273 e. The van der Waals surface area contributed by atoms with Crippen LogP contribution < -0.4 is 4.74 Å². The van der Waals surface area contributed by atoms with E-state index in [1.807, 2.05) is 6.92 Å². The average Bonchev–Trinajstić information content (AvgIpc) is 2.35. The van der Waals surface area contributed by atoms with E-state index in [9.17, 15) is 15.2 Å². The lowest BCUT2D eigenvalue weighted by Gasteiger charge is -2.13. The van der Waals surface area contributed by atoms with E-state index in [1.54, 1.807) is 0 Å². The molecule has 0 aliphatic carbocycles. The fourth-order valence-corrected chi connectivity index (χ4v) is 1.57. The van der Waals surface area contributed by atoms with E-state index in [4.69, 9.17) is 9.47 Å². The van der Waals surface area contributed by atoms with Gasteiger partial charge in [-0.2, -0.15) is 0 Å². The number of non-ortho nitro benzene ring substituents is 1. The van der Waals surface area contributed by atoms with E-state index in [-0.39, 0.29) is 18.9 Å². The first kappa shape index (κ1) is 14.9. The highest BCUT2D eigenvalue weighted by Gasteiger charge is 2.12. The van der Waals surface area contributed by atoms with Gasteiger partial charge in [0, 0.05) is 12.7 Å². The Kier molecular flexibility index (Phi) is 6.03. The predicted octanol–water partition coefficient (Wildman–Crippen LogP) is 2.13. The molecule has 7 heteroatoms. The average molecular weight is 320 g/mol. The topological polar surface area (TPSA) is 81.8 Å². The number of hydrogen-bond acceptors (Lipinski definition) is 5. The molecule has 0 radical (unpaired) electrons. The number of aliphatic hydroxyl groups is 1. The number of rotatable bonds is 7. The van der Waals surface area contributed by atoms with Gasteiger partial charge in [0.25, 0.3) is 5.69 Å². The van der Waals surface area contributed by atoms with E-state index in [0.717, 1.165) is 0 Å². The lowest BCUT2D eigenvalue weighted by Crippen LogP contribution is -2.23. The van der Waals surface area contributed by atoms with Crippen LogP contribution in [0.25, 0.3) is 0 Å². The predicted molar refractivity (Wildman–Crippen MR) is 68.8 cm³/mol. The van der Waals surface area contributed by atoms with Crippen LogP contribution in [0.4, 0.5) is 5.69 Å². The molecule has 0 heterocycles. The molecule has 0 amide bonds. The van der Waals surface area contributed by atoms with Crippen LogP contribution in [0.3, 0.4) is 0 Å². The van der Waals surface area contributed by atoms with Gasteiger partial charge in [0.1, 0.15) is 18.5 Å². The fourth-order valence-electron chi connectivity index (χ4n) is 1.20. The van der Waals surface area contributed by atoms with E-state index in [0.29, 0.717) is 16.8 Å². The van der Waals surface area contributed by atoms with Crippen LogP contribution >= 0.6 is 15.9 Å². The van der Waals surface area contributed by atoms with E-state index in [2.05, 4.69) is 15.9 Å². The van der Waals surface area contributed by atoms with Crippen molar-refractivity contribution in [3.63, 3.8) is 0 Å². The highest BCUT2D eigenvalue weighted by atomic mass is 79.9. The number of nitrogens with zero attached hydrogens (tertiary/aromatic N) is 1. The zero-order valence-electron chi connectivity index (χ0n) is 9.84. The van der Waals surface area contributed by atoms with Gasteiger partial charge >= 0.3 is 0 Å².